The molecule has 0 atom stereocenters. The second-order valence-electron chi connectivity index (χ2n) is 4.30. The van der Waals surface area contributed by atoms with Crippen molar-refractivity contribution in [2.45, 2.75) is 40.0 Å². The Hall–Kier alpha value is -1.06. The van der Waals surface area contributed by atoms with Crippen LogP contribution in [0, 0.1) is 5.92 Å². The smallest absolute Gasteiger partial charge is 0.307 e. The summed E-state index contributed by atoms with van der Waals surface area (Å²) in [4.78, 5) is 24.6. The molecule has 0 radical (unpaired) electrons. The van der Waals surface area contributed by atoms with E-state index in [1.54, 1.807) is 4.90 Å². The first-order valence-corrected chi connectivity index (χ1v) is 5.85. The van der Waals surface area contributed by atoms with Crippen LogP contribution in [0.15, 0.2) is 0 Å². The van der Waals surface area contributed by atoms with Gasteiger partial charge in [0.1, 0.15) is 0 Å². The normalized spacial score (nSPS) is 10.3. The second kappa shape index (κ2) is 8.13. The molecule has 4 heteroatoms. The maximum atomic E-state index is 11.8. The summed E-state index contributed by atoms with van der Waals surface area (Å²) in [7, 11) is 1.36. The molecule has 0 aromatic rings. The molecule has 0 saturated heterocycles. The van der Waals surface area contributed by atoms with Crippen molar-refractivity contribution in [1.82, 2.24) is 4.90 Å². The fourth-order valence-electron chi connectivity index (χ4n) is 1.44. The van der Waals surface area contributed by atoms with E-state index in [1.807, 2.05) is 20.8 Å². The number of nitrogens with zero attached hydrogens (tertiary/aromatic N) is 1. The first kappa shape index (κ1) is 14.9. The third kappa shape index (κ3) is 6.43. The summed E-state index contributed by atoms with van der Waals surface area (Å²) in [6.45, 7) is 7.23. The number of hydrogen-bond acceptors (Lipinski definition) is 3. The lowest BCUT2D eigenvalue weighted by Crippen LogP contribution is -2.34. The van der Waals surface area contributed by atoms with Gasteiger partial charge >= 0.3 is 5.97 Å². The summed E-state index contributed by atoms with van der Waals surface area (Å²) in [6, 6.07) is 0. The monoisotopic (exact) mass is 229 g/mol. The van der Waals surface area contributed by atoms with Crippen LogP contribution < -0.4 is 0 Å². The zero-order valence-corrected chi connectivity index (χ0v) is 10.8. The minimum atomic E-state index is -0.265. The van der Waals surface area contributed by atoms with E-state index in [9.17, 15) is 9.59 Å². The topological polar surface area (TPSA) is 46.6 Å². The lowest BCUT2D eigenvalue weighted by Gasteiger charge is -2.22. The summed E-state index contributed by atoms with van der Waals surface area (Å²) in [5.41, 5.74) is 0. The fraction of sp³-hybridized carbons (Fsp3) is 0.833. The number of carbonyl (C=O) groups excluding carboxylic acids is 2. The highest BCUT2D eigenvalue weighted by molar-refractivity contribution is 5.77. The van der Waals surface area contributed by atoms with E-state index in [4.69, 9.17) is 0 Å². The molecule has 0 aliphatic carbocycles. The molecule has 0 aliphatic rings. The predicted octanol–water partition coefficient (Wildman–Crippen LogP) is 1.83. The molecule has 1 amide bonds. The Morgan fingerprint density at radius 3 is 2.31 bits per heavy atom. The maximum absolute atomic E-state index is 11.8. The third-order valence-corrected chi connectivity index (χ3v) is 2.24. The van der Waals surface area contributed by atoms with Gasteiger partial charge in [-0.05, 0) is 12.3 Å². The van der Waals surface area contributed by atoms with Gasteiger partial charge in [0.2, 0.25) is 5.91 Å². The third-order valence-electron chi connectivity index (χ3n) is 2.24. The van der Waals surface area contributed by atoms with Crippen LogP contribution >= 0.6 is 0 Å². The molecule has 0 spiro atoms. The van der Waals surface area contributed by atoms with Gasteiger partial charge in [-0.25, -0.2) is 0 Å². The quantitative estimate of drug-likeness (QED) is 0.626. The summed E-state index contributed by atoms with van der Waals surface area (Å²) in [6.07, 6.45) is 1.73. The molecule has 0 rings (SSSR count). The Morgan fingerprint density at radius 2 is 1.88 bits per heavy atom. The lowest BCUT2D eigenvalue weighted by molar-refractivity contribution is -0.141. The second-order valence-corrected chi connectivity index (χ2v) is 4.30. The van der Waals surface area contributed by atoms with E-state index in [2.05, 4.69) is 4.74 Å². The van der Waals surface area contributed by atoms with Crippen molar-refractivity contribution in [3.63, 3.8) is 0 Å². The molecule has 4 nitrogen and oxygen atoms in total. The van der Waals surface area contributed by atoms with Crippen LogP contribution in [0.4, 0.5) is 0 Å². The van der Waals surface area contributed by atoms with Crippen LogP contribution in [-0.4, -0.2) is 37.0 Å². The van der Waals surface area contributed by atoms with Gasteiger partial charge in [0.25, 0.3) is 0 Å². The molecule has 16 heavy (non-hydrogen) atoms. The number of rotatable bonds is 7. The van der Waals surface area contributed by atoms with E-state index >= 15 is 0 Å². The molecular weight excluding hydrogens is 206 g/mol. The van der Waals surface area contributed by atoms with Crippen LogP contribution in [0.5, 0.6) is 0 Å². The largest absolute Gasteiger partial charge is 0.469 e. The van der Waals surface area contributed by atoms with Gasteiger partial charge in [0, 0.05) is 19.5 Å². The van der Waals surface area contributed by atoms with Crippen molar-refractivity contribution >= 4 is 11.9 Å². The average Bonchev–Trinajstić information content (AvgIpc) is 2.22. The molecule has 0 saturated carbocycles. The molecule has 0 N–H and O–H groups in total. The highest BCUT2D eigenvalue weighted by Gasteiger charge is 2.15. The van der Waals surface area contributed by atoms with Crippen molar-refractivity contribution in [3.05, 3.63) is 0 Å². The maximum Gasteiger partial charge on any atom is 0.307 e. The standard InChI is InChI=1S/C12H23NO3/c1-5-7-13(8-6-12(15)16-4)11(14)9-10(2)3/h10H,5-9H2,1-4H3. The summed E-state index contributed by atoms with van der Waals surface area (Å²) < 4.78 is 4.56. The van der Waals surface area contributed by atoms with E-state index in [0.29, 0.717) is 25.4 Å². The molecule has 0 unspecified atom stereocenters. The highest BCUT2D eigenvalue weighted by Crippen LogP contribution is 2.06. The minimum absolute atomic E-state index is 0.126. The summed E-state index contributed by atoms with van der Waals surface area (Å²) >= 11 is 0. The van der Waals surface area contributed by atoms with Gasteiger partial charge in [0.05, 0.1) is 13.5 Å². The first-order chi connectivity index (χ1) is 7.51. The average molecular weight is 229 g/mol. The molecule has 0 aromatic heterocycles. The molecule has 0 aliphatic heterocycles. The lowest BCUT2D eigenvalue weighted by atomic mass is 10.1. The molecule has 0 heterocycles. The van der Waals surface area contributed by atoms with Gasteiger partial charge in [-0.15, -0.1) is 0 Å². The first-order valence-electron chi connectivity index (χ1n) is 5.85. The Morgan fingerprint density at radius 1 is 1.25 bits per heavy atom. The van der Waals surface area contributed by atoms with E-state index in [1.165, 1.54) is 7.11 Å². The van der Waals surface area contributed by atoms with Crippen LogP contribution in [0.2, 0.25) is 0 Å². The van der Waals surface area contributed by atoms with Gasteiger partial charge in [-0.3, -0.25) is 9.59 Å². The fourth-order valence-corrected chi connectivity index (χ4v) is 1.44. The van der Waals surface area contributed by atoms with Crippen molar-refractivity contribution in [3.8, 4) is 0 Å². The number of amides is 1. The molecule has 0 fully saturated rings. The summed E-state index contributed by atoms with van der Waals surface area (Å²) in [5, 5.41) is 0. The van der Waals surface area contributed by atoms with E-state index in [-0.39, 0.29) is 18.3 Å². The predicted molar refractivity (Wildman–Crippen MR) is 63.0 cm³/mol. The van der Waals surface area contributed by atoms with Gasteiger partial charge in [-0.1, -0.05) is 20.8 Å². The van der Waals surface area contributed by atoms with Crippen molar-refractivity contribution in [2.75, 3.05) is 20.2 Å². The highest BCUT2D eigenvalue weighted by atomic mass is 16.5. The van der Waals surface area contributed by atoms with Gasteiger partial charge < -0.3 is 9.64 Å². The van der Waals surface area contributed by atoms with E-state index < -0.39 is 0 Å². The van der Waals surface area contributed by atoms with Gasteiger partial charge in [-0.2, -0.15) is 0 Å². The van der Waals surface area contributed by atoms with Crippen molar-refractivity contribution < 1.29 is 14.3 Å². The van der Waals surface area contributed by atoms with E-state index in [0.717, 1.165) is 6.42 Å². The molecule has 94 valence electrons. The van der Waals surface area contributed by atoms with Crippen LogP contribution in [0.1, 0.15) is 40.0 Å². The number of hydrogen-bond donors (Lipinski definition) is 0. The van der Waals surface area contributed by atoms with Gasteiger partial charge in [0.15, 0.2) is 0 Å². The van der Waals surface area contributed by atoms with Crippen molar-refractivity contribution in [1.29, 1.82) is 0 Å². The minimum Gasteiger partial charge on any atom is -0.469 e. The number of methoxy groups -OCH3 is 1. The Kier molecular flexibility index (Phi) is 7.60. The summed E-state index contributed by atoms with van der Waals surface area (Å²) in [5.74, 6) is 0.212. The van der Waals surface area contributed by atoms with Crippen molar-refractivity contribution in [2.24, 2.45) is 5.92 Å². The Labute approximate surface area is 98.0 Å². The van der Waals surface area contributed by atoms with Crippen LogP contribution in [0.25, 0.3) is 0 Å². The molecule has 0 aromatic carbocycles. The molecule has 0 bridgehead atoms. The Bertz CT molecular complexity index is 226. The molecular formula is C12H23NO3. The zero-order valence-electron chi connectivity index (χ0n) is 10.8. The van der Waals surface area contributed by atoms with Crippen LogP contribution in [-0.2, 0) is 14.3 Å². The Balaban J connectivity index is 4.14. The number of esters is 1. The number of carbonyl (C=O) groups is 2. The van der Waals surface area contributed by atoms with Crippen LogP contribution in [0.3, 0.4) is 0 Å². The number of ether oxygens (including phenoxy) is 1. The zero-order chi connectivity index (χ0) is 12.6. The SMILES string of the molecule is CCCN(CCC(=O)OC)C(=O)CC(C)C.